The van der Waals surface area contributed by atoms with Gasteiger partial charge in [0.25, 0.3) is 0 Å². The number of carbonyl (C=O) groups is 2. The van der Waals surface area contributed by atoms with Crippen LogP contribution < -0.4 is 0 Å². The van der Waals surface area contributed by atoms with Crippen molar-refractivity contribution in [3.63, 3.8) is 0 Å². The van der Waals surface area contributed by atoms with E-state index in [4.69, 9.17) is 4.74 Å². The minimum Gasteiger partial charge on any atom is -0.434 e. The Hall–Kier alpha value is -1.46. The van der Waals surface area contributed by atoms with Crippen LogP contribution in [-0.4, -0.2) is 38.2 Å². The molecule has 2 heterocycles. The molecule has 0 aromatic rings. The number of hydrogen-bond donors (Lipinski definition) is 0. The van der Waals surface area contributed by atoms with Crippen molar-refractivity contribution in [3.8, 4) is 0 Å². The molecule has 0 amide bonds. The first-order valence-electron chi connectivity index (χ1n) is 3.88. The normalized spacial score (nSPS) is 28.8. The SMILES string of the molecule is O=C1OCC(C2COC(=O)O2)CO1. The largest absolute Gasteiger partial charge is 0.508 e. The molecule has 0 aromatic carbocycles. The van der Waals surface area contributed by atoms with E-state index in [1.165, 1.54) is 0 Å². The van der Waals surface area contributed by atoms with E-state index >= 15 is 0 Å². The Bertz CT molecular complexity index is 227. The van der Waals surface area contributed by atoms with Gasteiger partial charge in [0.1, 0.15) is 25.9 Å². The summed E-state index contributed by atoms with van der Waals surface area (Å²) in [6.45, 7) is 0.616. The van der Waals surface area contributed by atoms with E-state index in [0.29, 0.717) is 0 Å². The van der Waals surface area contributed by atoms with Gasteiger partial charge in [0.05, 0.1) is 5.92 Å². The Morgan fingerprint density at radius 1 is 0.923 bits per heavy atom. The monoisotopic (exact) mass is 188 g/mol. The van der Waals surface area contributed by atoms with Gasteiger partial charge in [-0.15, -0.1) is 0 Å². The predicted octanol–water partition coefficient (Wildman–Crippen LogP) is 0.305. The highest BCUT2D eigenvalue weighted by atomic mass is 16.8. The molecule has 0 radical (unpaired) electrons. The lowest BCUT2D eigenvalue weighted by atomic mass is 10.1. The van der Waals surface area contributed by atoms with E-state index in [2.05, 4.69) is 14.2 Å². The molecule has 72 valence electrons. The number of hydrogen-bond acceptors (Lipinski definition) is 6. The lowest BCUT2D eigenvalue weighted by Gasteiger charge is -2.23. The van der Waals surface area contributed by atoms with Crippen LogP contribution >= 0.6 is 0 Å². The van der Waals surface area contributed by atoms with Crippen LogP contribution in [0.25, 0.3) is 0 Å². The van der Waals surface area contributed by atoms with E-state index in [-0.39, 0.29) is 31.8 Å². The third-order valence-electron chi connectivity index (χ3n) is 1.97. The van der Waals surface area contributed by atoms with E-state index in [1.54, 1.807) is 0 Å². The fourth-order valence-electron chi connectivity index (χ4n) is 1.23. The molecule has 1 atom stereocenters. The van der Waals surface area contributed by atoms with Gasteiger partial charge in [-0.3, -0.25) is 0 Å². The second-order valence-corrected chi connectivity index (χ2v) is 2.85. The van der Waals surface area contributed by atoms with E-state index < -0.39 is 12.3 Å². The van der Waals surface area contributed by atoms with Crippen LogP contribution in [0.1, 0.15) is 0 Å². The Kier molecular flexibility index (Phi) is 1.96. The van der Waals surface area contributed by atoms with Gasteiger partial charge in [-0.2, -0.15) is 0 Å². The van der Waals surface area contributed by atoms with E-state index in [9.17, 15) is 9.59 Å². The van der Waals surface area contributed by atoms with Gasteiger partial charge in [0.15, 0.2) is 0 Å². The summed E-state index contributed by atoms with van der Waals surface area (Å²) in [7, 11) is 0. The lowest BCUT2D eigenvalue weighted by Crippen LogP contribution is -2.36. The van der Waals surface area contributed by atoms with Crippen LogP contribution in [0.4, 0.5) is 9.59 Å². The maximum Gasteiger partial charge on any atom is 0.508 e. The molecule has 2 fully saturated rings. The summed E-state index contributed by atoms with van der Waals surface area (Å²) in [5.41, 5.74) is 0. The second kappa shape index (κ2) is 3.12. The van der Waals surface area contributed by atoms with Crippen LogP contribution in [0.5, 0.6) is 0 Å². The summed E-state index contributed by atoms with van der Waals surface area (Å²) in [6, 6.07) is 0. The van der Waals surface area contributed by atoms with Crippen molar-refractivity contribution >= 4 is 12.3 Å². The van der Waals surface area contributed by atoms with Crippen molar-refractivity contribution in [2.45, 2.75) is 6.10 Å². The van der Waals surface area contributed by atoms with Crippen molar-refractivity contribution in [3.05, 3.63) is 0 Å². The highest BCUT2D eigenvalue weighted by Gasteiger charge is 2.36. The average Bonchev–Trinajstić information content (AvgIpc) is 2.53. The summed E-state index contributed by atoms with van der Waals surface area (Å²) < 4.78 is 18.7. The number of cyclic esters (lactones) is 4. The molecule has 0 aliphatic carbocycles. The molecule has 6 nitrogen and oxygen atoms in total. The minimum atomic E-state index is -0.679. The zero-order chi connectivity index (χ0) is 9.26. The Morgan fingerprint density at radius 3 is 2.08 bits per heavy atom. The molecule has 0 saturated carbocycles. The van der Waals surface area contributed by atoms with Gasteiger partial charge in [0.2, 0.25) is 0 Å². The number of rotatable bonds is 1. The zero-order valence-electron chi connectivity index (χ0n) is 6.73. The molecule has 2 saturated heterocycles. The third kappa shape index (κ3) is 1.66. The highest BCUT2D eigenvalue weighted by molar-refractivity contribution is 5.62. The topological polar surface area (TPSA) is 71.1 Å². The van der Waals surface area contributed by atoms with E-state index in [1.807, 2.05) is 0 Å². The Labute approximate surface area is 73.7 Å². The number of carbonyl (C=O) groups excluding carboxylic acids is 2. The van der Waals surface area contributed by atoms with Crippen molar-refractivity contribution < 1.29 is 28.5 Å². The first-order valence-corrected chi connectivity index (χ1v) is 3.88. The maximum atomic E-state index is 10.6. The van der Waals surface area contributed by atoms with Crippen LogP contribution in [-0.2, 0) is 18.9 Å². The Morgan fingerprint density at radius 2 is 1.54 bits per heavy atom. The molecule has 2 aliphatic rings. The fraction of sp³-hybridized carbons (Fsp3) is 0.714. The summed E-state index contributed by atoms with van der Waals surface area (Å²) in [5.74, 6) is -0.121. The molecule has 0 spiro atoms. The van der Waals surface area contributed by atoms with Crippen LogP contribution in [0.3, 0.4) is 0 Å². The zero-order valence-corrected chi connectivity index (χ0v) is 6.73. The van der Waals surface area contributed by atoms with Gasteiger partial charge >= 0.3 is 12.3 Å². The smallest absolute Gasteiger partial charge is 0.434 e. The first kappa shape index (κ1) is 8.15. The first-order chi connectivity index (χ1) is 6.25. The van der Waals surface area contributed by atoms with Gasteiger partial charge in [0, 0.05) is 0 Å². The molecule has 6 heteroatoms. The minimum absolute atomic E-state index is 0.121. The molecule has 0 aromatic heterocycles. The second-order valence-electron chi connectivity index (χ2n) is 2.85. The Balaban J connectivity index is 1.87. The highest BCUT2D eigenvalue weighted by Crippen LogP contribution is 2.19. The van der Waals surface area contributed by atoms with Gasteiger partial charge in [-0.1, -0.05) is 0 Å². The number of ether oxygens (including phenoxy) is 4. The van der Waals surface area contributed by atoms with Crippen LogP contribution in [0.15, 0.2) is 0 Å². The molecule has 0 N–H and O–H groups in total. The average molecular weight is 188 g/mol. The van der Waals surface area contributed by atoms with Gasteiger partial charge in [-0.25, -0.2) is 9.59 Å². The quantitative estimate of drug-likeness (QED) is 0.551. The third-order valence-corrected chi connectivity index (χ3v) is 1.97. The van der Waals surface area contributed by atoms with Crippen LogP contribution in [0, 0.1) is 5.92 Å². The summed E-state index contributed by atoms with van der Waals surface area (Å²) in [6.07, 6.45) is -1.72. The summed E-state index contributed by atoms with van der Waals surface area (Å²) in [4.78, 5) is 21.1. The van der Waals surface area contributed by atoms with Crippen LogP contribution in [0.2, 0.25) is 0 Å². The molecular formula is C7H8O6. The van der Waals surface area contributed by atoms with Crippen molar-refractivity contribution in [2.24, 2.45) is 5.92 Å². The fourth-order valence-corrected chi connectivity index (χ4v) is 1.23. The van der Waals surface area contributed by atoms with Crippen molar-refractivity contribution in [1.82, 2.24) is 0 Å². The molecule has 2 rings (SSSR count). The van der Waals surface area contributed by atoms with Gasteiger partial charge in [-0.05, 0) is 0 Å². The molecule has 2 aliphatic heterocycles. The maximum absolute atomic E-state index is 10.6. The van der Waals surface area contributed by atoms with Gasteiger partial charge < -0.3 is 18.9 Å². The van der Waals surface area contributed by atoms with E-state index in [0.717, 1.165) is 0 Å². The molecule has 13 heavy (non-hydrogen) atoms. The standard InChI is InChI=1S/C7H8O6/c8-6-10-1-4(2-11-6)5-3-12-7(9)13-5/h4-5H,1-3H2. The van der Waals surface area contributed by atoms with Crippen molar-refractivity contribution in [2.75, 3.05) is 19.8 Å². The molecule has 1 unspecified atom stereocenters. The summed E-state index contributed by atoms with van der Waals surface area (Å²) >= 11 is 0. The molecular weight excluding hydrogens is 180 g/mol. The lowest BCUT2D eigenvalue weighted by molar-refractivity contribution is -0.0445. The predicted molar refractivity (Wildman–Crippen MR) is 37.0 cm³/mol. The summed E-state index contributed by atoms with van der Waals surface area (Å²) in [5, 5.41) is 0. The molecule has 0 bridgehead atoms. The van der Waals surface area contributed by atoms with Crippen molar-refractivity contribution in [1.29, 1.82) is 0 Å².